The van der Waals surface area contributed by atoms with Gasteiger partial charge in [-0.3, -0.25) is 9.20 Å². The first-order chi connectivity index (χ1) is 14.7. The average molecular weight is 465 g/mol. The maximum atomic E-state index is 13.0. The molecule has 4 aromatic rings. The molecule has 0 aliphatic rings. The summed E-state index contributed by atoms with van der Waals surface area (Å²) in [6.45, 7) is 4.67. The molecule has 4 aromatic heterocycles. The molecule has 0 fully saturated rings. The van der Waals surface area contributed by atoms with Crippen molar-refractivity contribution in [3.8, 4) is 0 Å². The minimum absolute atomic E-state index is 0.0618. The summed E-state index contributed by atoms with van der Waals surface area (Å²) < 4.78 is 42.4. The summed E-state index contributed by atoms with van der Waals surface area (Å²) in [6.07, 6.45) is -2.61. The number of aryl methyl sites for hydroxylation is 2. The molecule has 0 radical (unpaired) electrons. The first-order valence-corrected chi connectivity index (χ1v) is 11.4. The number of alkyl halides is 3. The highest BCUT2D eigenvalue weighted by Gasteiger charge is 2.31. The largest absolute Gasteiger partial charge is 0.417 e. The Balaban J connectivity index is 1.48. The van der Waals surface area contributed by atoms with E-state index < -0.39 is 11.7 Å². The predicted molar refractivity (Wildman–Crippen MR) is 115 cm³/mol. The highest BCUT2D eigenvalue weighted by Crippen LogP contribution is 2.30. The monoisotopic (exact) mass is 464 g/mol. The van der Waals surface area contributed by atoms with Crippen molar-refractivity contribution in [1.29, 1.82) is 0 Å². The van der Waals surface area contributed by atoms with Gasteiger partial charge in [-0.25, -0.2) is 0 Å². The van der Waals surface area contributed by atoms with Crippen LogP contribution in [0.4, 0.5) is 13.2 Å². The zero-order valence-electron chi connectivity index (χ0n) is 16.8. The van der Waals surface area contributed by atoms with Crippen molar-refractivity contribution in [2.45, 2.75) is 38.1 Å². The van der Waals surface area contributed by atoms with Crippen LogP contribution in [0.15, 0.2) is 47.1 Å². The van der Waals surface area contributed by atoms with E-state index in [0.29, 0.717) is 11.2 Å². The summed E-state index contributed by atoms with van der Waals surface area (Å²) in [7, 11) is 0. The molecule has 0 atom stereocenters. The van der Waals surface area contributed by atoms with E-state index in [1.165, 1.54) is 15.3 Å². The van der Waals surface area contributed by atoms with Gasteiger partial charge < -0.3 is 4.57 Å². The smallest absolute Gasteiger partial charge is 0.348 e. The maximum Gasteiger partial charge on any atom is 0.417 e. The van der Waals surface area contributed by atoms with Gasteiger partial charge in [0.05, 0.1) is 11.3 Å². The summed E-state index contributed by atoms with van der Waals surface area (Å²) in [5.74, 6) is -0.0316. The molecule has 0 unspecified atom stereocenters. The molecule has 162 valence electrons. The fourth-order valence-electron chi connectivity index (χ4n) is 3.45. The summed E-state index contributed by atoms with van der Waals surface area (Å²) >= 11 is 2.79. The topological polar surface area (TPSA) is 52.2 Å². The van der Waals surface area contributed by atoms with E-state index in [1.54, 1.807) is 11.3 Å². The zero-order chi connectivity index (χ0) is 22.2. The number of carbonyl (C=O) groups is 1. The summed E-state index contributed by atoms with van der Waals surface area (Å²) in [5, 5.41) is 10.1. The van der Waals surface area contributed by atoms with Crippen LogP contribution in [0.25, 0.3) is 5.65 Å². The third kappa shape index (κ3) is 4.54. The van der Waals surface area contributed by atoms with E-state index in [2.05, 4.69) is 20.8 Å². The minimum Gasteiger partial charge on any atom is -0.348 e. The van der Waals surface area contributed by atoms with Crippen molar-refractivity contribution in [3.05, 3.63) is 69.3 Å². The van der Waals surface area contributed by atoms with Crippen LogP contribution in [-0.4, -0.2) is 30.7 Å². The second kappa shape index (κ2) is 8.51. The highest BCUT2D eigenvalue weighted by molar-refractivity contribution is 7.99. The van der Waals surface area contributed by atoms with E-state index in [9.17, 15) is 18.0 Å². The molecule has 4 heterocycles. The number of thioether (sulfide) groups is 1. The van der Waals surface area contributed by atoms with Gasteiger partial charge in [-0.1, -0.05) is 17.8 Å². The van der Waals surface area contributed by atoms with Gasteiger partial charge in [-0.2, -0.15) is 13.2 Å². The Morgan fingerprint density at radius 1 is 1.19 bits per heavy atom. The predicted octanol–water partition coefficient (Wildman–Crippen LogP) is 5.45. The number of halogens is 3. The van der Waals surface area contributed by atoms with Crippen LogP contribution in [0.5, 0.6) is 0 Å². The number of carbonyl (C=O) groups excluding carboxylic acids is 1. The summed E-state index contributed by atoms with van der Waals surface area (Å²) in [6, 6.07) is 8.22. The molecule has 31 heavy (non-hydrogen) atoms. The molecular weight excluding hydrogens is 445 g/mol. The number of ketones is 1. The van der Waals surface area contributed by atoms with Crippen LogP contribution in [-0.2, 0) is 19.1 Å². The van der Waals surface area contributed by atoms with E-state index >= 15 is 0 Å². The van der Waals surface area contributed by atoms with Gasteiger partial charge in [0, 0.05) is 34.6 Å². The second-order valence-electron chi connectivity index (χ2n) is 7.10. The van der Waals surface area contributed by atoms with E-state index in [1.807, 2.05) is 31.4 Å². The van der Waals surface area contributed by atoms with Crippen molar-refractivity contribution in [3.63, 3.8) is 0 Å². The van der Waals surface area contributed by atoms with Crippen LogP contribution in [0.3, 0.4) is 0 Å². The Hall–Kier alpha value is -2.59. The van der Waals surface area contributed by atoms with Crippen molar-refractivity contribution in [2.24, 2.45) is 0 Å². The number of thiophene rings is 1. The van der Waals surface area contributed by atoms with Crippen LogP contribution in [0.2, 0.25) is 0 Å². The fraction of sp³-hybridized carbons (Fsp3) is 0.286. The minimum atomic E-state index is -4.46. The molecule has 5 nitrogen and oxygen atoms in total. The van der Waals surface area contributed by atoms with Crippen LogP contribution in [0, 0.1) is 13.8 Å². The molecule has 0 amide bonds. The van der Waals surface area contributed by atoms with Crippen molar-refractivity contribution in [2.75, 3.05) is 5.75 Å². The van der Waals surface area contributed by atoms with Gasteiger partial charge in [0.2, 0.25) is 0 Å². The molecule has 0 aliphatic heterocycles. The lowest BCUT2D eigenvalue weighted by Gasteiger charge is -2.09. The molecule has 4 rings (SSSR count). The second-order valence-corrected chi connectivity index (χ2v) is 9.08. The molecular formula is C21H19F3N4OS2. The van der Waals surface area contributed by atoms with Crippen LogP contribution >= 0.6 is 23.1 Å². The van der Waals surface area contributed by atoms with Gasteiger partial charge in [-0.15, -0.1) is 21.5 Å². The molecule has 0 spiro atoms. The Labute approximate surface area is 184 Å². The van der Waals surface area contributed by atoms with Crippen molar-refractivity contribution in [1.82, 2.24) is 19.2 Å². The van der Waals surface area contributed by atoms with E-state index in [0.717, 1.165) is 48.4 Å². The number of rotatable bonds is 7. The SMILES string of the molecule is Cc1cc(C(=O)CSc2nnc3ccc(C(F)(F)F)cn23)c(C)n1CCc1cccs1. The number of Topliss-reactive ketones (excluding diaryl/α,β-unsaturated/α-hetero) is 1. The number of aromatic nitrogens is 4. The Kier molecular flexibility index (Phi) is 5.94. The van der Waals surface area contributed by atoms with Crippen molar-refractivity contribution >= 4 is 34.5 Å². The third-order valence-electron chi connectivity index (χ3n) is 5.07. The molecule has 0 aromatic carbocycles. The standard InChI is InChI=1S/C21H19F3N4OS2/c1-13-10-17(14(2)27(13)8-7-16-4-3-9-30-16)18(29)12-31-20-26-25-19-6-5-15(11-28(19)20)21(22,23)24/h3-6,9-11H,7-8,12H2,1-2H3. The van der Waals surface area contributed by atoms with Gasteiger partial charge in [0.15, 0.2) is 16.6 Å². The fourth-order valence-corrected chi connectivity index (χ4v) is 4.95. The number of hydrogen-bond acceptors (Lipinski definition) is 5. The maximum absolute atomic E-state index is 13.0. The van der Waals surface area contributed by atoms with Gasteiger partial charge >= 0.3 is 6.18 Å². The van der Waals surface area contributed by atoms with Gasteiger partial charge in [-0.05, 0) is 49.9 Å². The Morgan fingerprint density at radius 2 is 2.00 bits per heavy atom. The average Bonchev–Trinajstić information content (AvgIpc) is 3.44. The molecule has 0 saturated carbocycles. The number of pyridine rings is 1. The van der Waals surface area contributed by atoms with Gasteiger partial charge in [0.25, 0.3) is 0 Å². The summed E-state index contributed by atoms with van der Waals surface area (Å²) in [4.78, 5) is 14.1. The molecule has 0 N–H and O–H groups in total. The van der Waals surface area contributed by atoms with Gasteiger partial charge in [0.1, 0.15) is 0 Å². The number of fused-ring (bicyclic) bond motifs is 1. The lowest BCUT2D eigenvalue weighted by atomic mass is 10.2. The lowest BCUT2D eigenvalue weighted by molar-refractivity contribution is -0.137. The van der Waals surface area contributed by atoms with E-state index in [-0.39, 0.29) is 16.7 Å². The van der Waals surface area contributed by atoms with Crippen LogP contribution in [0.1, 0.15) is 32.2 Å². The molecule has 0 bridgehead atoms. The lowest BCUT2D eigenvalue weighted by Crippen LogP contribution is -2.08. The zero-order valence-corrected chi connectivity index (χ0v) is 18.4. The molecule has 0 aliphatic carbocycles. The summed E-state index contributed by atoms with van der Waals surface area (Å²) in [5.41, 5.74) is 2.04. The van der Waals surface area contributed by atoms with Crippen LogP contribution < -0.4 is 0 Å². The Bertz CT molecular complexity index is 1230. The number of nitrogens with zero attached hydrogens (tertiary/aromatic N) is 4. The first kappa shape index (κ1) is 21.6. The normalized spacial score (nSPS) is 12.0. The Morgan fingerprint density at radius 3 is 2.71 bits per heavy atom. The third-order valence-corrected chi connectivity index (χ3v) is 6.95. The quantitative estimate of drug-likeness (QED) is 0.270. The molecule has 10 heteroatoms. The first-order valence-electron chi connectivity index (χ1n) is 9.51. The number of hydrogen-bond donors (Lipinski definition) is 0. The molecule has 0 saturated heterocycles. The highest BCUT2D eigenvalue weighted by atomic mass is 32.2. The van der Waals surface area contributed by atoms with Crippen molar-refractivity contribution < 1.29 is 18.0 Å². The van der Waals surface area contributed by atoms with E-state index in [4.69, 9.17) is 0 Å².